The van der Waals surface area contributed by atoms with E-state index in [1.165, 1.54) is 4.88 Å². The van der Waals surface area contributed by atoms with Crippen molar-refractivity contribution in [1.82, 2.24) is 4.90 Å². The molecule has 1 rings (SSSR count). The summed E-state index contributed by atoms with van der Waals surface area (Å²) in [4.78, 5) is 16.4. The lowest BCUT2D eigenvalue weighted by atomic mass is 10.2. The van der Waals surface area contributed by atoms with Crippen molar-refractivity contribution < 1.29 is 4.79 Å². The van der Waals surface area contributed by atoms with Crippen LogP contribution in [0.15, 0.2) is 12.1 Å². The van der Waals surface area contributed by atoms with E-state index < -0.39 is 0 Å². The predicted molar refractivity (Wildman–Crippen MR) is 70.4 cm³/mol. The highest BCUT2D eigenvalue weighted by Gasteiger charge is 2.15. The number of carbonyl (C=O) groups excluding carboxylic acids is 1. The Morgan fingerprint density at radius 2 is 2.06 bits per heavy atom. The van der Waals surface area contributed by atoms with Crippen molar-refractivity contribution in [3.8, 4) is 0 Å². The van der Waals surface area contributed by atoms with Crippen LogP contribution in [0.3, 0.4) is 0 Å². The number of ketones is 1. The largest absolute Gasteiger partial charge is 0.294 e. The summed E-state index contributed by atoms with van der Waals surface area (Å²) >= 11 is 1.63. The summed E-state index contributed by atoms with van der Waals surface area (Å²) in [5, 5.41) is 0. The van der Waals surface area contributed by atoms with Crippen molar-refractivity contribution >= 4 is 17.1 Å². The van der Waals surface area contributed by atoms with Gasteiger partial charge in [-0.2, -0.15) is 0 Å². The lowest BCUT2D eigenvalue weighted by Crippen LogP contribution is -2.35. The molecule has 1 aromatic heterocycles. The summed E-state index contributed by atoms with van der Waals surface area (Å²) in [6.45, 7) is 9.93. The van der Waals surface area contributed by atoms with Gasteiger partial charge in [-0.05, 0) is 38.9 Å². The Bertz CT molecular complexity index is 343. The molecule has 16 heavy (non-hydrogen) atoms. The third-order valence-corrected chi connectivity index (χ3v) is 4.04. The van der Waals surface area contributed by atoms with Crippen LogP contribution in [0, 0.1) is 0 Å². The van der Waals surface area contributed by atoms with E-state index in [9.17, 15) is 4.79 Å². The molecule has 1 heterocycles. The Labute approximate surface area is 102 Å². The molecular formula is C13H21NOS. The molecule has 0 amide bonds. The first kappa shape index (κ1) is 13.4. The topological polar surface area (TPSA) is 20.3 Å². The Hall–Kier alpha value is -0.670. The zero-order valence-electron chi connectivity index (χ0n) is 10.6. The average molecular weight is 239 g/mol. The third kappa shape index (κ3) is 3.42. The molecule has 0 fully saturated rings. The minimum Gasteiger partial charge on any atom is -0.294 e. The van der Waals surface area contributed by atoms with E-state index in [-0.39, 0.29) is 5.78 Å². The molecule has 90 valence electrons. The predicted octanol–water partition coefficient (Wildman–Crippen LogP) is 3.22. The molecule has 0 aromatic carbocycles. The van der Waals surface area contributed by atoms with Gasteiger partial charge in [0.05, 0.1) is 11.4 Å². The molecule has 3 heteroatoms. The van der Waals surface area contributed by atoms with Crippen LogP contribution in [-0.4, -0.2) is 29.8 Å². The quantitative estimate of drug-likeness (QED) is 0.710. The molecule has 0 radical (unpaired) electrons. The van der Waals surface area contributed by atoms with E-state index in [4.69, 9.17) is 0 Å². The number of carbonyl (C=O) groups is 1. The molecule has 0 saturated carbocycles. The molecule has 0 aliphatic carbocycles. The summed E-state index contributed by atoms with van der Waals surface area (Å²) < 4.78 is 0. The lowest BCUT2D eigenvalue weighted by Gasteiger charge is -2.23. The monoisotopic (exact) mass is 239 g/mol. The first-order chi connectivity index (χ1) is 7.58. The summed E-state index contributed by atoms with van der Waals surface area (Å²) in [6.07, 6.45) is 1.01. The Kier molecular flexibility index (Phi) is 5.16. The smallest absolute Gasteiger partial charge is 0.186 e. The van der Waals surface area contributed by atoms with Crippen molar-refractivity contribution in [2.24, 2.45) is 0 Å². The molecule has 1 aromatic rings. The Morgan fingerprint density at radius 3 is 2.50 bits per heavy atom. The van der Waals surface area contributed by atoms with E-state index >= 15 is 0 Å². The SMILES string of the molecule is CCc1ccc(C(=O)CN(CC)C(C)C)s1. The number of aryl methyl sites for hydroxylation is 1. The highest BCUT2D eigenvalue weighted by atomic mass is 32.1. The van der Waals surface area contributed by atoms with Gasteiger partial charge >= 0.3 is 0 Å². The van der Waals surface area contributed by atoms with Crippen molar-refractivity contribution in [3.63, 3.8) is 0 Å². The van der Waals surface area contributed by atoms with Crippen LogP contribution >= 0.6 is 11.3 Å². The van der Waals surface area contributed by atoms with Crippen LogP contribution in [0.25, 0.3) is 0 Å². The van der Waals surface area contributed by atoms with Crippen LogP contribution < -0.4 is 0 Å². The minimum absolute atomic E-state index is 0.250. The number of hydrogen-bond acceptors (Lipinski definition) is 3. The highest BCUT2D eigenvalue weighted by molar-refractivity contribution is 7.14. The number of rotatable bonds is 6. The summed E-state index contributed by atoms with van der Waals surface area (Å²) in [5.41, 5.74) is 0. The molecule has 2 nitrogen and oxygen atoms in total. The zero-order valence-corrected chi connectivity index (χ0v) is 11.4. The third-order valence-electron chi connectivity index (χ3n) is 2.77. The maximum atomic E-state index is 12.0. The van der Waals surface area contributed by atoms with Gasteiger partial charge in [-0.3, -0.25) is 9.69 Å². The Balaban J connectivity index is 2.64. The van der Waals surface area contributed by atoms with E-state index in [0.717, 1.165) is 17.8 Å². The van der Waals surface area contributed by atoms with Gasteiger partial charge in [-0.15, -0.1) is 11.3 Å². The summed E-state index contributed by atoms with van der Waals surface area (Å²) in [6, 6.07) is 4.45. The van der Waals surface area contributed by atoms with Crippen LogP contribution in [0.5, 0.6) is 0 Å². The van der Waals surface area contributed by atoms with Crippen molar-refractivity contribution in [3.05, 3.63) is 21.9 Å². The fourth-order valence-corrected chi connectivity index (χ4v) is 2.52. The second-order valence-electron chi connectivity index (χ2n) is 4.20. The van der Waals surface area contributed by atoms with Crippen LogP contribution in [0.1, 0.15) is 42.2 Å². The molecule has 0 saturated heterocycles. The minimum atomic E-state index is 0.250. The van der Waals surface area contributed by atoms with Gasteiger partial charge in [0, 0.05) is 10.9 Å². The molecular weight excluding hydrogens is 218 g/mol. The lowest BCUT2D eigenvalue weighted by molar-refractivity contribution is 0.0915. The molecule has 0 atom stereocenters. The van der Waals surface area contributed by atoms with Crippen LogP contribution in [0.4, 0.5) is 0 Å². The standard InChI is InChI=1S/C13H21NOS/c1-5-11-7-8-13(16-11)12(15)9-14(6-2)10(3)4/h7-8,10H,5-6,9H2,1-4H3. The molecule has 0 unspecified atom stereocenters. The summed E-state index contributed by atoms with van der Waals surface area (Å²) in [5.74, 6) is 0.250. The first-order valence-corrected chi connectivity index (χ1v) is 6.76. The molecule has 0 bridgehead atoms. The number of likely N-dealkylation sites (N-methyl/N-ethyl adjacent to an activating group) is 1. The Morgan fingerprint density at radius 1 is 1.38 bits per heavy atom. The van der Waals surface area contributed by atoms with Gasteiger partial charge in [0.25, 0.3) is 0 Å². The average Bonchev–Trinajstić information content (AvgIpc) is 2.73. The van der Waals surface area contributed by atoms with Gasteiger partial charge in [-0.1, -0.05) is 13.8 Å². The fourth-order valence-electron chi connectivity index (χ4n) is 1.64. The summed E-state index contributed by atoms with van der Waals surface area (Å²) in [7, 11) is 0. The number of thiophene rings is 1. The van der Waals surface area contributed by atoms with Crippen LogP contribution in [0.2, 0.25) is 0 Å². The number of nitrogens with zero attached hydrogens (tertiary/aromatic N) is 1. The molecule has 0 spiro atoms. The zero-order chi connectivity index (χ0) is 12.1. The number of Topliss-reactive ketones (excluding diaryl/α,β-unsaturated/α-hetero) is 1. The van der Waals surface area contributed by atoms with E-state index in [1.807, 2.05) is 6.07 Å². The first-order valence-electron chi connectivity index (χ1n) is 5.94. The van der Waals surface area contributed by atoms with Gasteiger partial charge in [0.1, 0.15) is 0 Å². The van der Waals surface area contributed by atoms with E-state index in [0.29, 0.717) is 12.6 Å². The maximum absolute atomic E-state index is 12.0. The molecule has 0 aliphatic heterocycles. The van der Waals surface area contributed by atoms with Gasteiger partial charge in [0.2, 0.25) is 0 Å². The van der Waals surface area contributed by atoms with Gasteiger partial charge in [-0.25, -0.2) is 0 Å². The van der Waals surface area contributed by atoms with Crippen molar-refractivity contribution in [2.75, 3.05) is 13.1 Å². The molecule has 0 aliphatic rings. The second-order valence-corrected chi connectivity index (χ2v) is 5.37. The number of hydrogen-bond donors (Lipinski definition) is 0. The normalized spacial score (nSPS) is 11.4. The second kappa shape index (κ2) is 6.16. The van der Waals surface area contributed by atoms with Crippen molar-refractivity contribution in [2.45, 2.75) is 40.2 Å². The van der Waals surface area contributed by atoms with Crippen LogP contribution in [-0.2, 0) is 6.42 Å². The van der Waals surface area contributed by atoms with E-state index in [1.54, 1.807) is 11.3 Å². The fraction of sp³-hybridized carbons (Fsp3) is 0.615. The van der Waals surface area contributed by atoms with Gasteiger partial charge < -0.3 is 0 Å². The van der Waals surface area contributed by atoms with Gasteiger partial charge in [0.15, 0.2) is 5.78 Å². The maximum Gasteiger partial charge on any atom is 0.186 e. The van der Waals surface area contributed by atoms with E-state index in [2.05, 4.69) is 38.7 Å². The highest BCUT2D eigenvalue weighted by Crippen LogP contribution is 2.18. The van der Waals surface area contributed by atoms with Crippen molar-refractivity contribution in [1.29, 1.82) is 0 Å². The molecule has 0 N–H and O–H groups in total.